The Balaban J connectivity index is 3.02. The molecular formula is C7H7ClNO2S-. The van der Waals surface area contributed by atoms with E-state index in [1.54, 1.807) is 24.3 Å². The Kier molecular flexibility index (Phi) is 3.08. The van der Waals surface area contributed by atoms with E-state index in [2.05, 4.69) is 0 Å². The molecule has 0 bridgehead atoms. The smallest absolute Gasteiger partial charge is 0.0665 e. The summed E-state index contributed by atoms with van der Waals surface area (Å²) < 4.78 is 22.1. The Morgan fingerprint density at radius 2 is 2.08 bits per heavy atom. The van der Waals surface area contributed by atoms with E-state index in [-0.39, 0.29) is 0 Å². The molecule has 1 unspecified atom stereocenters. The highest BCUT2D eigenvalue weighted by Crippen LogP contribution is 2.24. The highest BCUT2D eigenvalue weighted by molar-refractivity contribution is 7.80. The molecule has 1 aromatic carbocycles. The van der Waals surface area contributed by atoms with Gasteiger partial charge in [-0.2, -0.15) is 0 Å². The fourth-order valence-electron chi connectivity index (χ4n) is 0.787. The maximum Gasteiger partial charge on any atom is 0.0665 e. The average molecular weight is 205 g/mol. The summed E-state index contributed by atoms with van der Waals surface area (Å²) in [5, 5.41) is 0.421. The Morgan fingerprint density at radius 3 is 2.58 bits per heavy atom. The maximum absolute atomic E-state index is 10.5. The Hall–Kier alpha value is -0.580. The maximum atomic E-state index is 10.5. The van der Waals surface area contributed by atoms with E-state index in [1.807, 2.05) is 0 Å². The second-order valence-corrected chi connectivity index (χ2v) is 3.56. The summed E-state index contributed by atoms with van der Waals surface area (Å²) in [6.45, 7) is 0. The molecule has 3 nitrogen and oxygen atoms in total. The molecule has 0 amide bonds. The normalized spacial score (nSPS) is 12.6. The number of hydrogen-bond acceptors (Lipinski definition) is 2. The predicted octanol–water partition coefficient (Wildman–Crippen LogP) is 1.57. The molecule has 1 atom stereocenters. The SMILES string of the molecule is CN(c1ccccc1Cl)S(=O)[O-]. The Bertz CT molecular complexity index is 305. The van der Waals surface area contributed by atoms with Crippen LogP contribution in [0.25, 0.3) is 0 Å². The van der Waals surface area contributed by atoms with Gasteiger partial charge in [0.2, 0.25) is 0 Å². The molecule has 0 fully saturated rings. The number of halogens is 1. The van der Waals surface area contributed by atoms with Gasteiger partial charge in [0.05, 0.1) is 10.7 Å². The first-order valence-electron chi connectivity index (χ1n) is 3.20. The summed E-state index contributed by atoms with van der Waals surface area (Å²) in [5.41, 5.74) is 0.479. The van der Waals surface area contributed by atoms with Crippen LogP contribution >= 0.6 is 11.6 Å². The molecule has 0 aliphatic rings. The van der Waals surface area contributed by atoms with Gasteiger partial charge in [0.15, 0.2) is 0 Å². The summed E-state index contributed by atoms with van der Waals surface area (Å²) in [7, 11) is 1.43. The topological polar surface area (TPSA) is 43.4 Å². The molecule has 0 heterocycles. The molecule has 0 N–H and O–H groups in total. The largest absolute Gasteiger partial charge is 0.755 e. The molecule has 0 saturated heterocycles. The summed E-state index contributed by atoms with van der Waals surface area (Å²) in [5.74, 6) is 0. The number of anilines is 1. The summed E-state index contributed by atoms with van der Waals surface area (Å²) >= 11 is 3.48. The van der Waals surface area contributed by atoms with Crippen molar-refractivity contribution in [1.29, 1.82) is 0 Å². The third kappa shape index (κ3) is 1.97. The van der Waals surface area contributed by atoms with Crippen molar-refractivity contribution in [2.75, 3.05) is 11.4 Å². The zero-order valence-corrected chi connectivity index (χ0v) is 7.93. The van der Waals surface area contributed by atoms with Crippen molar-refractivity contribution in [3.05, 3.63) is 29.3 Å². The van der Waals surface area contributed by atoms with E-state index < -0.39 is 11.3 Å². The molecule has 0 aromatic heterocycles. The monoisotopic (exact) mass is 204 g/mol. The van der Waals surface area contributed by atoms with E-state index in [0.717, 1.165) is 4.31 Å². The van der Waals surface area contributed by atoms with Crippen molar-refractivity contribution in [2.45, 2.75) is 0 Å². The van der Waals surface area contributed by atoms with Crippen LogP contribution in [0.3, 0.4) is 0 Å². The van der Waals surface area contributed by atoms with Crippen molar-refractivity contribution in [3.8, 4) is 0 Å². The Labute approximate surface area is 78.4 Å². The van der Waals surface area contributed by atoms with Crippen LogP contribution in [0.2, 0.25) is 5.02 Å². The number of rotatable bonds is 2. The molecule has 0 saturated carbocycles. The van der Waals surface area contributed by atoms with Crippen LogP contribution in [0.15, 0.2) is 24.3 Å². The number of nitrogens with zero attached hydrogens (tertiary/aromatic N) is 1. The van der Waals surface area contributed by atoms with Crippen molar-refractivity contribution in [3.63, 3.8) is 0 Å². The minimum atomic E-state index is -2.27. The van der Waals surface area contributed by atoms with Gasteiger partial charge in [-0.25, -0.2) is 0 Å². The molecule has 0 aliphatic carbocycles. The molecule has 1 aromatic rings. The molecule has 12 heavy (non-hydrogen) atoms. The van der Waals surface area contributed by atoms with E-state index in [0.29, 0.717) is 10.7 Å². The summed E-state index contributed by atoms with van der Waals surface area (Å²) in [6.07, 6.45) is 0. The van der Waals surface area contributed by atoms with Gasteiger partial charge in [0.1, 0.15) is 0 Å². The van der Waals surface area contributed by atoms with E-state index in [1.165, 1.54) is 7.05 Å². The molecule has 0 radical (unpaired) electrons. The van der Waals surface area contributed by atoms with Crippen LogP contribution in [0.1, 0.15) is 0 Å². The van der Waals surface area contributed by atoms with Gasteiger partial charge in [0, 0.05) is 18.3 Å². The van der Waals surface area contributed by atoms with E-state index >= 15 is 0 Å². The van der Waals surface area contributed by atoms with Crippen LogP contribution in [-0.4, -0.2) is 15.8 Å². The van der Waals surface area contributed by atoms with Crippen LogP contribution in [0.4, 0.5) is 5.69 Å². The lowest BCUT2D eigenvalue weighted by atomic mass is 10.3. The highest BCUT2D eigenvalue weighted by atomic mass is 35.5. The minimum absolute atomic E-state index is 0.421. The van der Waals surface area contributed by atoms with Crippen LogP contribution < -0.4 is 4.31 Å². The fourth-order valence-corrected chi connectivity index (χ4v) is 1.42. The van der Waals surface area contributed by atoms with Crippen molar-refractivity contribution < 1.29 is 8.76 Å². The molecule has 0 aliphatic heterocycles. The molecule has 66 valence electrons. The Morgan fingerprint density at radius 1 is 1.50 bits per heavy atom. The minimum Gasteiger partial charge on any atom is -0.755 e. The van der Waals surface area contributed by atoms with Crippen molar-refractivity contribution in [2.24, 2.45) is 0 Å². The van der Waals surface area contributed by atoms with Gasteiger partial charge in [-0.1, -0.05) is 23.7 Å². The highest BCUT2D eigenvalue weighted by Gasteiger charge is 2.03. The number of benzene rings is 1. The van der Waals surface area contributed by atoms with Crippen molar-refractivity contribution in [1.82, 2.24) is 0 Å². The predicted molar refractivity (Wildman–Crippen MR) is 48.8 cm³/mol. The zero-order chi connectivity index (χ0) is 9.14. The van der Waals surface area contributed by atoms with Gasteiger partial charge in [0.25, 0.3) is 0 Å². The average Bonchev–Trinajstić information content (AvgIpc) is 2.04. The number of hydrogen-bond donors (Lipinski definition) is 0. The van der Waals surface area contributed by atoms with E-state index in [9.17, 15) is 8.76 Å². The molecule has 5 heteroatoms. The lowest BCUT2D eigenvalue weighted by Crippen LogP contribution is -2.19. The standard InChI is InChI=1S/C7H8ClNO2S/c1-9(12(10)11)7-5-3-2-4-6(7)8/h2-5H,1H3,(H,10,11)/p-1. The second kappa shape index (κ2) is 3.89. The summed E-state index contributed by atoms with van der Waals surface area (Å²) in [4.78, 5) is 0. The van der Waals surface area contributed by atoms with Crippen LogP contribution in [0, 0.1) is 0 Å². The lowest BCUT2D eigenvalue weighted by molar-refractivity contribution is 0.535. The lowest BCUT2D eigenvalue weighted by Gasteiger charge is -2.21. The van der Waals surface area contributed by atoms with Gasteiger partial charge in [-0.3, -0.25) is 4.21 Å². The van der Waals surface area contributed by atoms with E-state index in [4.69, 9.17) is 11.6 Å². The summed E-state index contributed by atoms with van der Waals surface area (Å²) in [6, 6.07) is 6.75. The first-order valence-corrected chi connectivity index (χ1v) is 4.61. The fraction of sp³-hybridized carbons (Fsp3) is 0.143. The van der Waals surface area contributed by atoms with Crippen molar-refractivity contribution >= 4 is 28.6 Å². The van der Waals surface area contributed by atoms with Gasteiger partial charge in [-0.15, -0.1) is 0 Å². The quantitative estimate of drug-likeness (QED) is 0.687. The zero-order valence-electron chi connectivity index (χ0n) is 6.36. The first-order chi connectivity index (χ1) is 5.63. The molecular weight excluding hydrogens is 198 g/mol. The third-order valence-electron chi connectivity index (χ3n) is 1.42. The molecule has 0 spiro atoms. The van der Waals surface area contributed by atoms with Crippen LogP contribution in [0.5, 0.6) is 0 Å². The van der Waals surface area contributed by atoms with Crippen LogP contribution in [-0.2, 0) is 11.3 Å². The van der Waals surface area contributed by atoms with Gasteiger partial charge < -0.3 is 8.86 Å². The second-order valence-electron chi connectivity index (χ2n) is 2.17. The van der Waals surface area contributed by atoms with Gasteiger partial charge >= 0.3 is 0 Å². The first kappa shape index (κ1) is 9.51. The molecule has 1 rings (SSSR count). The van der Waals surface area contributed by atoms with Gasteiger partial charge in [-0.05, 0) is 12.1 Å². The third-order valence-corrected chi connectivity index (χ3v) is 2.38. The number of para-hydroxylation sites is 1.